The number of phenols is 1. The van der Waals surface area contributed by atoms with E-state index in [1.54, 1.807) is 0 Å². The van der Waals surface area contributed by atoms with E-state index >= 15 is 0 Å². The normalized spacial score (nSPS) is 27.2. The van der Waals surface area contributed by atoms with Crippen LogP contribution in [0.1, 0.15) is 24.5 Å². The minimum Gasteiger partial charge on any atom is -0.506 e. The number of hydrogen-bond acceptors (Lipinski definition) is 9. The van der Waals surface area contributed by atoms with Gasteiger partial charge in [-0.2, -0.15) is 0 Å². The van der Waals surface area contributed by atoms with Crippen LogP contribution in [0.5, 0.6) is 23.0 Å². The zero-order chi connectivity index (χ0) is 24.9. The lowest BCUT2D eigenvalue weighted by Gasteiger charge is -2.43. The van der Waals surface area contributed by atoms with E-state index in [2.05, 4.69) is 0 Å². The van der Waals surface area contributed by atoms with Gasteiger partial charge in [-0.15, -0.1) is 0 Å². The molecule has 0 aromatic heterocycles. The Hall–Kier alpha value is -3.82. The van der Waals surface area contributed by atoms with Gasteiger partial charge in [0, 0.05) is 46.4 Å². The number of benzene rings is 4. The van der Waals surface area contributed by atoms with Crippen LogP contribution in [0.25, 0.3) is 38.1 Å². The van der Waals surface area contributed by atoms with Crippen LogP contribution in [0.4, 0.5) is 0 Å². The molecule has 4 aromatic rings. The van der Waals surface area contributed by atoms with Gasteiger partial charge in [-0.3, -0.25) is 9.59 Å². The second-order valence-corrected chi connectivity index (χ2v) is 10.1. The summed E-state index contributed by atoms with van der Waals surface area (Å²) in [4.78, 5) is 26.9. The Labute approximate surface area is 202 Å². The summed E-state index contributed by atoms with van der Waals surface area (Å²) < 4.78 is 29.7. The number of hydrogen-bond donors (Lipinski definition) is 2. The van der Waals surface area contributed by atoms with Gasteiger partial charge in [0.2, 0.25) is 12.6 Å². The van der Waals surface area contributed by atoms with Crippen molar-refractivity contribution in [2.24, 2.45) is 0 Å². The molecule has 4 aromatic carbocycles. The van der Waals surface area contributed by atoms with E-state index in [4.69, 9.17) is 23.7 Å². The number of rotatable bonds is 2. The van der Waals surface area contributed by atoms with E-state index in [-0.39, 0.29) is 46.5 Å². The highest BCUT2D eigenvalue weighted by atomic mass is 16.7. The van der Waals surface area contributed by atoms with Crippen LogP contribution in [0.15, 0.2) is 21.7 Å². The molecule has 9 heteroatoms. The summed E-state index contributed by atoms with van der Waals surface area (Å²) >= 11 is 0. The molecular weight excluding hydrogens is 468 g/mol. The summed E-state index contributed by atoms with van der Waals surface area (Å²) in [5, 5.41) is 26.1. The minimum atomic E-state index is -1.63. The van der Waals surface area contributed by atoms with Gasteiger partial charge in [0.1, 0.15) is 11.5 Å². The van der Waals surface area contributed by atoms with Gasteiger partial charge in [0.15, 0.2) is 28.1 Å². The first kappa shape index (κ1) is 20.4. The van der Waals surface area contributed by atoms with Crippen molar-refractivity contribution in [2.45, 2.75) is 37.1 Å². The number of ether oxygens (including phenoxy) is 5. The molecule has 9 nitrogen and oxygen atoms in total. The first-order valence-electron chi connectivity index (χ1n) is 11.7. The molecule has 0 saturated carbocycles. The van der Waals surface area contributed by atoms with E-state index in [0.29, 0.717) is 51.1 Å². The average Bonchev–Trinajstić information content (AvgIpc) is 3.26. The quantitative estimate of drug-likeness (QED) is 0.323. The molecule has 8 rings (SSSR count). The zero-order valence-electron chi connectivity index (χ0n) is 19.6. The number of aliphatic hydroxyl groups excluding tert-OH is 1. The Morgan fingerprint density at radius 3 is 2.33 bits per heavy atom. The summed E-state index contributed by atoms with van der Waals surface area (Å²) in [7, 11) is 2.89. The fraction of sp³-hybridized carbons (Fsp3) is 0.333. The largest absolute Gasteiger partial charge is 0.506 e. The van der Waals surface area contributed by atoms with Crippen molar-refractivity contribution >= 4 is 38.1 Å². The van der Waals surface area contributed by atoms with Crippen molar-refractivity contribution in [2.75, 3.05) is 21.0 Å². The Bertz CT molecular complexity index is 1910. The van der Waals surface area contributed by atoms with Crippen molar-refractivity contribution in [1.82, 2.24) is 0 Å². The van der Waals surface area contributed by atoms with Crippen LogP contribution < -0.4 is 30.3 Å². The maximum atomic E-state index is 13.5. The lowest BCUT2D eigenvalue weighted by Crippen LogP contribution is -2.56. The van der Waals surface area contributed by atoms with Crippen LogP contribution >= 0.6 is 0 Å². The molecule has 4 aliphatic rings. The summed E-state index contributed by atoms with van der Waals surface area (Å²) in [5.74, 6) is -1.41. The average molecular weight is 488 g/mol. The van der Waals surface area contributed by atoms with Gasteiger partial charge in [-0.1, -0.05) is 0 Å². The SMILES string of the molecule is COc1c2c3c4c5c(c(=O)cc6c5c5c(cc(=O)c(c1O)c35)OCO6)=C(O)C1(OC)OC(C)CC41C2. The molecule has 2 N–H and O–H groups in total. The lowest BCUT2D eigenvalue weighted by atomic mass is 9.66. The monoisotopic (exact) mass is 488 g/mol. The van der Waals surface area contributed by atoms with Gasteiger partial charge in [0.25, 0.3) is 0 Å². The fourth-order valence-electron chi connectivity index (χ4n) is 7.60. The summed E-state index contributed by atoms with van der Waals surface area (Å²) in [5.41, 5.74) is -0.400. The van der Waals surface area contributed by atoms with E-state index in [1.807, 2.05) is 6.92 Å². The summed E-state index contributed by atoms with van der Waals surface area (Å²) in [6, 6.07) is 2.64. The highest BCUT2D eigenvalue weighted by Gasteiger charge is 2.68. The third kappa shape index (κ3) is 1.81. The first-order chi connectivity index (χ1) is 17.3. The molecule has 3 unspecified atom stereocenters. The summed E-state index contributed by atoms with van der Waals surface area (Å²) in [6.07, 6.45) is 0.437. The van der Waals surface area contributed by atoms with E-state index in [9.17, 15) is 19.8 Å². The van der Waals surface area contributed by atoms with Crippen molar-refractivity contribution in [3.8, 4) is 23.0 Å². The second kappa shape index (κ2) is 5.93. The van der Waals surface area contributed by atoms with E-state index in [1.165, 1.54) is 26.4 Å². The summed E-state index contributed by atoms with van der Waals surface area (Å²) in [6.45, 7) is 1.69. The topological polar surface area (TPSA) is 121 Å². The molecule has 36 heavy (non-hydrogen) atoms. The van der Waals surface area contributed by atoms with Gasteiger partial charge < -0.3 is 33.9 Å². The molecule has 1 fully saturated rings. The van der Waals surface area contributed by atoms with Crippen LogP contribution in [0, 0.1) is 0 Å². The highest BCUT2D eigenvalue weighted by Crippen LogP contribution is 2.66. The maximum absolute atomic E-state index is 13.5. The van der Waals surface area contributed by atoms with Crippen LogP contribution in [-0.4, -0.2) is 43.1 Å². The second-order valence-electron chi connectivity index (χ2n) is 10.1. The molecule has 2 heterocycles. The van der Waals surface area contributed by atoms with E-state index in [0.717, 1.165) is 5.56 Å². The Morgan fingerprint density at radius 1 is 0.944 bits per heavy atom. The molecule has 0 bridgehead atoms. The standard InChI is InChI=1S/C27H20O9/c1-9-6-26-7-10-15-20-16(23(30)24(10)32-2)11(28)4-13-18(20)19-14(35-8-34-13)5-12(29)17(21(19)22(15)26)25(31)27(26,33-3)36-9/h4-5,9,30-31H,6-8H2,1-3H3. The van der Waals surface area contributed by atoms with E-state index < -0.39 is 22.1 Å². The fourth-order valence-corrected chi connectivity index (χ4v) is 7.60. The lowest BCUT2D eigenvalue weighted by molar-refractivity contribution is -0.206. The van der Waals surface area contributed by atoms with Gasteiger partial charge >= 0.3 is 0 Å². The predicted octanol–water partition coefficient (Wildman–Crippen LogP) is 2.09. The van der Waals surface area contributed by atoms with Crippen molar-refractivity contribution in [3.63, 3.8) is 0 Å². The molecule has 182 valence electrons. The third-order valence-electron chi connectivity index (χ3n) is 8.60. The molecule has 3 atom stereocenters. The zero-order valence-corrected chi connectivity index (χ0v) is 19.6. The smallest absolute Gasteiger partial charge is 0.238 e. The first-order valence-corrected chi connectivity index (χ1v) is 11.7. The number of aliphatic hydroxyl groups is 1. The molecular formula is C27H20O9. The molecule has 1 saturated heterocycles. The van der Waals surface area contributed by atoms with Crippen LogP contribution in [0.2, 0.25) is 0 Å². The van der Waals surface area contributed by atoms with Gasteiger partial charge in [0.05, 0.1) is 29.2 Å². The molecule has 0 radical (unpaired) electrons. The van der Waals surface area contributed by atoms with Gasteiger partial charge in [-0.25, -0.2) is 0 Å². The van der Waals surface area contributed by atoms with Crippen LogP contribution in [0.3, 0.4) is 0 Å². The number of phenolic OH excluding ortho intramolecular Hbond substituents is 1. The molecule has 2 aliphatic heterocycles. The van der Waals surface area contributed by atoms with Gasteiger partial charge in [-0.05, 0) is 30.7 Å². The van der Waals surface area contributed by atoms with Crippen LogP contribution in [-0.2, 0) is 21.3 Å². The predicted molar refractivity (Wildman–Crippen MR) is 129 cm³/mol. The van der Waals surface area contributed by atoms with Crippen molar-refractivity contribution in [3.05, 3.63) is 48.9 Å². The van der Waals surface area contributed by atoms with Crippen molar-refractivity contribution < 1.29 is 33.9 Å². The minimum absolute atomic E-state index is 0.0802. The molecule has 0 amide bonds. The van der Waals surface area contributed by atoms with Crippen molar-refractivity contribution in [1.29, 1.82) is 0 Å². The number of methoxy groups -OCH3 is 2. The Morgan fingerprint density at radius 2 is 1.64 bits per heavy atom. The molecule has 1 spiro atoms. The Balaban J connectivity index is 1.83. The highest BCUT2D eigenvalue weighted by molar-refractivity contribution is 6.30. The number of aromatic hydroxyl groups is 1. The third-order valence-corrected chi connectivity index (χ3v) is 8.60. The molecule has 2 aliphatic carbocycles. The Kier molecular flexibility index (Phi) is 3.36. The maximum Gasteiger partial charge on any atom is 0.238 e.